The normalized spacial score (nSPS) is 18.8. The van der Waals surface area contributed by atoms with E-state index in [1.54, 1.807) is 0 Å². The van der Waals surface area contributed by atoms with E-state index in [2.05, 4.69) is 6.92 Å². The third-order valence-corrected chi connectivity index (χ3v) is 5.65. The first-order chi connectivity index (χ1) is 12.9. The molecule has 0 aromatic heterocycles. The molecule has 1 aliphatic rings. The van der Waals surface area contributed by atoms with Crippen LogP contribution in [0.1, 0.15) is 96.8 Å². The monoisotopic (exact) mass is 384 g/mol. The molecule has 0 amide bonds. The van der Waals surface area contributed by atoms with E-state index in [0.717, 1.165) is 19.3 Å². The lowest BCUT2D eigenvalue weighted by Crippen LogP contribution is -2.45. The van der Waals surface area contributed by atoms with Crippen molar-refractivity contribution < 1.29 is 29.3 Å². The standard InChI is InChI=1S/C21H36O6/c1-2-3-4-5-6-7-8-9-10-11-15-27-18(22)17-13-12-14-21(16-17,19(23)24)20(25)26/h17H,2-16H2,1H3,(H,23,24)(H,25,26). The molecule has 6 heteroatoms. The fourth-order valence-electron chi connectivity index (χ4n) is 3.84. The quantitative estimate of drug-likeness (QED) is 0.253. The van der Waals surface area contributed by atoms with E-state index in [9.17, 15) is 24.6 Å². The highest BCUT2D eigenvalue weighted by Gasteiger charge is 2.51. The molecule has 2 N–H and O–H groups in total. The largest absolute Gasteiger partial charge is 0.480 e. The summed E-state index contributed by atoms with van der Waals surface area (Å²) in [6, 6.07) is 0. The predicted molar refractivity (Wildman–Crippen MR) is 102 cm³/mol. The van der Waals surface area contributed by atoms with Crippen molar-refractivity contribution >= 4 is 17.9 Å². The van der Waals surface area contributed by atoms with Gasteiger partial charge in [-0.2, -0.15) is 0 Å². The van der Waals surface area contributed by atoms with Crippen LogP contribution in [0.15, 0.2) is 0 Å². The topological polar surface area (TPSA) is 101 Å². The lowest BCUT2D eigenvalue weighted by molar-refractivity contribution is -0.170. The molecule has 1 rings (SSSR count). The van der Waals surface area contributed by atoms with E-state index in [1.165, 1.54) is 44.9 Å². The molecule has 0 aromatic rings. The summed E-state index contributed by atoms with van der Waals surface area (Å²) < 4.78 is 5.28. The molecule has 0 aromatic carbocycles. The Morgan fingerprint density at radius 3 is 1.93 bits per heavy atom. The summed E-state index contributed by atoms with van der Waals surface area (Å²) in [6.07, 6.45) is 12.8. The Labute approximate surface area is 162 Å². The molecule has 0 saturated heterocycles. The summed E-state index contributed by atoms with van der Waals surface area (Å²) in [5, 5.41) is 18.6. The van der Waals surface area contributed by atoms with Gasteiger partial charge >= 0.3 is 17.9 Å². The Balaban J connectivity index is 2.16. The number of carbonyl (C=O) groups excluding carboxylic acids is 1. The second-order valence-corrected chi connectivity index (χ2v) is 7.84. The Morgan fingerprint density at radius 2 is 1.41 bits per heavy atom. The first-order valence-electron chi connectivity index (χ1n) is 10.6. The fraction of sp³-hybridized carbons (Fsp3) is 0.857. The molecule has 0 bridgehead atoms. The van der Waals surface area contributed by atoms with Gasteiger partial charge in [0.15, 0.2) is 5.41 Å². The van der Waals surface area contributed by atoms with Crippen molar-refractivity contribution in [1.29, 1.82) is 0 Å². The molecule has 27 heavy (non-hydrogen) atoms. The van der Waals surface area contributed by atoms with E-state index >= 15 is 0 Å². The SMILES string of the molecule is CCCCCCCCCCCCOC(=O)C1CCCC(C(=O)O)(C(=O)O)C1. The number of rotatable bonds is 14. The van der Waals surface area contributed by atoms with Crippen LogP contribution in [0.4, 0.5) is 0 Å². The van der Waals surface area contributed by atoms with Crippen molar-refractivity contribution in [2.45, 2.75) is 96.8 Å². The number of ether oxygens (including phenoxy) is 1. The Bertz CT molecular complexity index is 459. The summed E-state index contributed by atoms with van der Waals surface area (Å²) in [6.45, 7) is 2.55. The fourth-order valence-corrected chi connectivity index (χ4v) is 3.84. The number of hydrogen-bond donors (Lipinski definition) is 2. The van der Waals surface area contributed by atoms with E-state index in [-0.39, 0.29) is 12.8 Å². The molecule has 6 nitrogen and oxygen atoms in total. The maximum Gasteiger partial charge on any atom is 0.321 e. The molecule has 0 radical (unpaired) electrons. The van der Waals surface area contributed by atoms with Gasteiger partial charge in [0.25, 0.3) is 0 Å². The van der Waals surface area contributed by atoms with Crippen molar-refractivity contribution in [2.75, 3.05) is 6.61 Å². The molecule has 0 heterocycles. The van der Waals surface area contributed by atoms with Crippen molar-refractivity contribution in [3.8, 4) is 0 Å². The molecule has 1 saturated carbocycles. The zero-order valence-electron chi connectivity index (χ0n) is 16.7. The second kappa shape index (κ2) is 12.7. The first-order valence-corrected chi connectivity index (χ1v) is 10.6. The van der Waals surface area contributed by atoms with Gasteiger partial charge in [0.1, 0.15) is 0 Å². The van der Waals surface area contributed by atoms with Crippen LogP contribution in [0.25, 0.3) is 0 Å². The Morgan fingerprint density at radius 1 is 0.889 bits per heavy atom. The second-order valence-electron chi connectivity index (χ2n) is 7.84. The smallest absolute Gasteiger partial charge is 0.321 e. The van der Waals surface area contributed by atoms with Gasteiger partial charge in [-0.1, -0.05) is 71.1 Å². The molecule has 0 spiro atoms. The lowest BCUT2D eigenvalue weighted by atomic mass is 9.69. The van der Waals surface area contributed by atoms with Gasteiger partial charge in [-0.25, -0.2) is 0 Å². The van der Waals surface area contributed by atoms with Gasteiger partial charge in [0.05, 0.1) is 12.5 Å². The van der Waals surface area contributed by atoms with Crippen LogP contribution in [0, 0.1) is 11.3 Å². The van der Waals surface area contributed by atoms with Crippen molar-refractivity contribution in [3.63, 3.8) is 0 Å². The van der Waals surface area contributed by atoms with Crippen LogP contribution < -0.4 is 0 Å². The van der Waals surface area contributed by atoms with Crippen molar-refractivity contribution in [2.24, 2.45) is 11.3 Å². The van der Waals surface area contributed by atoms with Crippen LogP contribution in [-0.4, -0.2) is 34.7 Å². The van der Waals surface area contributed by atoms with Crippen LogP contribution in [0.3, 0.4) is 0 Å². The molecule has 1 unspecified atom stereocenters. The number of esters is 1. The number of hydrogen-bond acceptors (Lipinski definition) is 4. The molecule has 156 valence electrons. The molecule has 1 fully saturated rings. The number of carbonyl (C=O) groups is 3. The van der Waals surface area contributed by atoms with Crippen molar-refractivity contribution in [1.82, 2.24) is 0 Å². The highest BCUT2D eigenvalue weighted by molar-refractivity contribution is 5.98. The zero-order chi connectivity index (χ0) is 20.1. The molecular formula is C21H36O6. The predicted octanol–water partition coefficient (Wildman–Crippen LogP) is 4.80. The average molecular weight is 385 g/mol. The highest BCUT2D eigenvalue weighted by atomic mass is 16.5. The van der Waals surface area contributed by atoms with Gasteiger partial charge in [-0.15, -0.1) is 0 Å². The summed E-state index contributed by atoms with van der Waals surface area (Å²) in [5.41, 5.74) is -1.85. The van der Waals surface area contributed by atoms with Gasteiger partial charge in [0.2, 0.25) is 0 Å². The zero-order valence-corrected chi connectivity index (χ0v) is 16.7. The minimum atomic E-state index is -1.85. The van der Waals surface area contributed by atoms with Crippen LogP contribution in [0.2, 0.25) is 0 Å². The Hall–Kier alpha value is -1.59. The third-order valence-electron chi connectivity index (χ3n) is 5.65. The Kier molecular flexibility index (Phi) is 11.1. The van der Waals surface area contributed by atoms with Crippen LogP contribution in [0.5, 0.6) is 0 Å². The minimum absolute atomic E-state index is 0.0693. The highest BCUT2D eigenvalue weighted by Crippen LogP contribution is 2.40. The van der Waals surface area contributed by atoms with Crippen LogP contribution >= 0.6 is 0 Å². The number of unbranched alkanes of at least 4 members (excludes halogenated alkanes) is 9. The average Bonchev–Trinajstić information content (AvgIpc) is 2.65. The van der Waals surface area contributed by atoms with Gasteiger partial charge in [-0.05, 0) is 25.7 Å². The summed E-state index contributed by atoms with van der Waals surface area (Å²) >= 11 is 0. The van der Waals surface area contributed by atoms with E-state index in [0.29, 0.717) is 19.4 Å². The summed E-state index contributed by atoms with van der Waals surface area (Å²) in [7, 11) is 0. The van der Waals surface area contributed by atoms with Crippen molar-refractivity contribution in [3.05, 3.63) is 0 Å². The molecule has 1 atom stereocenters. The van der Waals surface area contributed by atoms with Gasteiger partial charge in [0, 0.05) is 0 Å². The van der Waals surface area contributed by atoms with Crippen LogP contribution in [-0.2, 0) is 19.1 Å². The maximum atomic E-state index is 12.2. The summed E-state index contributed by atoms with van der Waals surface area (Å²) in [5.74, 6) is -3.80. The first kappa shape index (κ1) is 23.4. The summed E-state index contributed by atoms with van der Waals surface area (Å²) in [4.78, 5) is 35.0. The van der Waals surface area contributed by atoms with E-state index in [1.807, 2.05) is 0 Å². The minimum Gasteiger partial charge on any atom is -0.480 e. The van der Waals surface area contributed by atoms with E-state index < -0.39 is 29.2 Å². The molecule has 0 aliphatic heterocycles. The number of aliphatic carboxylic acids is 2. The third kappa shape index (κ3) is 7.89. The maximum absolute atomic E-state index is 12.2. The molecule has 1 aliphatic carbocycles. The lowest BCUT2D eigenvalue weighted by Gasteiger charge is -2.33. The van der Waals surface area contributed by atoms with Gasteiger partial charge in [-0.3, -0.25) is 14.4 Å². The van der Waals surface area contributed by atoms with E-state index in [4.69, 9.17) is 4.74 Å². The number of carboxylic acids is 2. The van der Waals surface area contributed by atoms with Gasteiger partial charge < -0.3 is 14.9 Å². The molecular weight excluding hydrogens is 348 g/mol. The number of carboxylic acid groups (broad SMARTS) is 2.